The van der Waals surface area contributed by atoms with Gasteiger partial charge in [-0.1, -0.05) is 6.92 Å². The number of carbonyl (C=O) groups excluding carboxylic acids is 3. The molecular weight excluding hydrogens is 404 g/mol. The summed E-state index contributed by atoms with van der Waals surface area (Å²) in [5.41, 5.74) is 1.53. The van der Waals surface area contributed by atoms with Gasteiger partial charge in [-0.25, -0.2) is 4.79 Å². The van der Waals surface area contributed by atoms with Crippen molar-refractivity contribution in [1.29, 1.82) is 0 Å². The zero-order valence-corrected chi connectivity index (χ0v) is 18.7. The minimum Gasteiger partial charge on any atom is -0.462 e. The largest absolute Gasteiger partial charge is 0.462 e. The van der Waals surface area contributed by atoms with Crippen LogP contribution in [0.4, 0.5) is 5.00 Å². The molecule has 0 spiro atoms. The Labute approximate surface area is 181 Å². The Kier molecular flexibility index (Phi) is 8.24. The summed E-state index contributed by atoms with van der Waals surface area (Å²) in [6, 6.07) is 0. The highest BCUT2D eigenvalue weighted by Gasteiger charge is 2.32. The lowest BCUT2D eigenvalue weighted by atomic mass is 10.1. The van der Waals surface area contributed by atoms with Gasteiger partial charge in [0.1, 0.15) is 5.00 Å². The zero-order chi connectivity index (χ0) is 21.5. The third kappa shape index (κ3) is 6.26. The lowest BCUT2D eigenvalue weighted by Gasteiger charge is -2.33. The van der Waals surface area contributed by atoms with Crippen molar-refractivity contribution in [3.8, 4) is 0 Å². The second-order valence-electron chi connectivity index (χ2n) is 7.84. The van der Waals surface area contributed by atoms with Gasteiger partial charge in [-0.05, 0) is 43.0 Å². The smallest absolute Gasteiger partial charge is 0.341 e. The van der Waals surface area contributed by atoms with Crippen LogP contribution in [0.3, 0.4) is 0 Å². The monoisotopic (exact) mass is 436 g/mol. The molecule has 0 radical (unpaired) electrons. The molecule has 2 N–H and O–H groups in total. The number of anilines is 1. The van der Waals surface area contributed by atoms with Crippen LogP contribution in [0.5, 0.6) is 0 Å². The van der Waals surface area contributed by atoms with E-state index in [0.29, 0.717) is 36.2 Å². The fourth-order valence-electron chi connectivity index (χ4n) is 3.57. The van der Waals surface area contributed by atoms with Gasteiger partial charge < -0.3 is 15.4 Å². The normalized spacial score (nSPS) is 17.5. The molecule has 3 rings (SSSR count). The summed E-state index contributed by atoms with van der Waals surface area (Å²) in [5, 5.41) is 8.38. The summed E-state index contributed by atoms with van der Waals surface area (Å²) in [7, 11) is 0. The van der Waals surface area contributed by atoms with Gasteiger partial charge in [-0.15, -0.1) is 11.3 Å². The average Bonchev–Trinajstić information content (AvgIpc) is 3.48. The third-order valence-electron chi connectivity index (χ3n) is 5.34. The van der Waals surface area contributed by atoms with Crippen molar-refractivity contribution in [2.45, 2.75) is 39.0 Å². The van der Waals surface area contributed by atoms with E-state index in [1.165, 1.54) is 11.3 Å². The van der Waals surface area contributed by atoms with Crippen LogP contribution in [-0.2, 0) is 14.3 Å². The number of carbonyl (C=O) groups is 3. The van der Waals surface area contributed by atoms with Crippen LogP contribution in [0.25, 0.3) is 0 Å². The summed E-state index contributed by atoms with van der Waals surface area (Å²) in [6.07, 6.45) is 3.09. The summed E-state index contributed by atoms with van der Waals surface area (Å²) in [4.78, 5) is 41.1. The van der Waals surface area contributed by atoms with Crippen molar-refractivity contribution < 1.29 is 19.1 Å². The van der Waals surface area contributed by atoms with Crippen molar-refractivity contribution in [2.75, 3.05) is 57.7 Å². The average molecular weight is 437 g/mol. The Hall–Kier alpha value is -1.97. The number of nitrogens with zero attached hydrogens (tertiary/aromatic N) is 2. The standard InChI is InChI=1S/C21H32N4O4S/c1-3-7-22-17(26)12-24-8-10-25(11-9-24)13-18(27)23-20-19(21(28)29-4-2)16(14-30-20)15-5-6-15/h14-15H,3-13H2,1-2H3,(H,22,26)(H,23,27). The third-order valence-corrected chi connectivity index (χ3v) is 6.25. The van der Waals surface area contributed by atoms with Crippen LogP contribution >= 0.6 is 11.3 Å². The fraction of sp³-hybridized carbons (Fsp3) is 0.667. The van der Waals surface area contributed by atoms with Crippen LogP contribution in [0.15, 0.2) is 5.38 Å². The number of rotatable bonds is 10. The lowest BCUT2D eigenvalue weighted by Crippen LogP contribution is -2.51. The molecule has 0 atom stereocenters. The lowest BCUT2D eigenvalue weighted by molar-refractivity contribution is -0.123. The molecule has 166 valence electrons. The second-order valence-corrected chi connectivity index (χ2v) is 8.72. The molecule has 0 aromatic carbocycles. The van der Waals surface area contributed by atoms with E-state index in [1.54, 1.807) is 6.92 Å². The topological polar surface area (TPSA) is 91.0 Å². The highest BCUT2D eigenvalue weighted by molar-refractivity contribution is 7.15. The van der Waals surface area contributed by atoms with Crippen LogP contribution < -0.4 is 10.6 Å². The van der Waals surface area contributed by atoms with Crippen LogP contribution in [0.2, 0.25) is 0 Å². The molecule has 1 saturated carbocycles. The molecule has 1 aromatic rings. The van der Waals surface area contributed by atoms with Gasteiger partial charge in [0.15, 0.2) is 0 Å². The molecule has 1 saturated heterocycles. The van der Waals surface area contributed by atoms with Crippen molar-refractivity contribution in [2.24, 2.45) is 0 Å². The molecule has 8 nitrogen and oxygen atoms in total. The molecule has 1 aromatic heterocycles. The summed E-state index contributed by atoms with van der Waals surface area (Å²) >= 11 is 1.40. The molecule has 30 heavy (non-hydrogen) atoms. The molecule has 2 amide bonds. The highest BCUT2D eigenvalue weighted by atomic mass is 32.1. The van der Waals surface area contributed by atoms with E-state index in [2.05, 4.69) is 20.4 Å². The van der Waals surface area contributed by atoms with Crippen molar-refractivity contribution in [1.82, 2.24) is 15.1 Å². The van der Waals surface area contributed by atoms with E-state index >= 15 is 0 Å². The maximum atomic E-state index is 12.6. The predicted molar refractivity (Wildman–Crippen MR) is 117 cm³/mol. The number of ether oxygens (including phenoxy) is 1. The highest BCUT2D eigenvalue weighted by Crippen LogP contribution is 2.46. The van der Waals surface area contributed by atoms with Crippen LogP contribution in [-0.4, -0.2) is 80.0 Å². The number of piperazine rings is 1. The molecule has 2 aliphatic rings. The number of thiophene rings is 1. The molecule has 0 unspecified atom stereocenters. The molecular formula is C21H32N4O4S. The molecule has 1 aliphatic carbocycles. The fourth-order valence-corrected chi connectivity index (χ4v) is 4.62. The number of amides is 2. The van der Waals surface area contributed by atoms with Gasteiger partial charge in [0, 0.05) is 32.7 Å². The van der Waals surface area contributed by atoms with E-state index in [4.69, 9.17) is 4.74 Å². The SMILES string of the molecule is CCCNC(=O)CN1CCN(CC(=O)Nc2scc(C3CC3)c2C(=O)OCC)CC1. The molecule has 2 fully saturated rings. The first-order valence-corrected chi connectivity index (χ1v) is 11.7. The number of nitrogens with one attached hydrogen (secondary N) is 2. The van der Waals surface area contributed by atoms with Crippen LogP contribution in [0, 0.1) is 0 Å². The summed E-state index contributed by atoms with van der Waals surface area (Å²) in [6.45, 7) is 8.49. The first kappa shape index (κ1) is 22.7. The maximum absolute atomic E-state index is 12.6. The Morgan fingerprint density at radius 1 is 1.07 bits per heavy atom. The van der Waals surface area contributed by atoms with E-state index in [0.717, 1.165) is 51.0 Å². The number of hydrogen-bond donors (Lipinski definition) is 2. The molecule has 9 heteroatoms. The maximum Gasteiger partial charge on any atom is 0.341 e. The van der Waals surface area contributed by atoms with Gasteiger partial charge in [-0.3, -0.25) is 19.4 Å². The molecule has 1 aliphatic heterocycles. The number of hydrogen-bond acceptors (Lipinski definition) is 7. The quantitative estimate of drug-likeness (QED) is 0.545. The van der Waals surface area contributed by atoms with E-state index in [9.17, 15) is 14.4 Å². The van der Waals surface area contributed by atoms with Gasteiger partial charge >= 0.3 is 5.97 Å². The van der Waals surface area contributed by atoms with Gasteiger partial charge in [0.2, 0.25) is 11.8 Å². The van der Waals surface area contributed by atoms with E-state index < -0.39 is 0 Å². The zero-order valence-electron chi connectivity index (χ0n) is 17.9. The molecule has 0 bridgehead atoms. The van der Waals surface area contributed by atoms with Gasteiger partial charge in [0.25, 0.3) is 0 Å². The first-order valence-electron chi connectivity index (χ1n) is 10.8. The Morgan fingerprint density at radius 3 is 2.27 bits per heavy atom. The van der Waals surface area contributed by atoms with E-state index in [-0.39, 0.29) is 24.3 Å². The Bertz CT molecular complexity index is 754. The van der Waals surface area contributed by atoms with Crippen molar-refractivity contribution >= 4 is 34.1 Å². The van der Waals surface area contributed by atoms with Gasteiger partial charge in [0.05, 0.1) is 25.3 Å². The predicted octanol–water partition coefficient (Wildman–Crippen LogP) is 1.88. The van der Waals surface area contributed by atoms with Crippen LogP contribution in [0.1, 0.15) is 54.9 Å². The van der Waals surface area contributed by atoms with Gasteiger partial charge in [-0.2, -0.15) is 0 Å². The number of esters is 1. The Balaban J connectivity index is 1.49. The Morgan fingerprint density at radius 2 is 1.70 bits per heavy atom. The minimum atomic E-state index is -0.356. The van der Waals surface area contributed by atoms with Crippen molar-refractivity contribution in [3.63, 3.8) is 0 Å². The second kappa shape index (κ2) is 10.9. The first-order chi connectivity index (χ1) is 14.5. The molecule has 2 heterocycles. The summed E-state index contributed by atoms with van der Waals surface area (Å²) < 4.78 is 5.21. The minimum absolute atomic E-state index is 0.0544. The summed E-state index contributed by atoms with van der Waals surface area (Å²) in [5.74, 6) is -0.0163. The van der Waals surface area contributed by atoms with Crippen molar-refractivity contribution in [3.05, 3.63) is 16.5 Å². The van der Waals surface area contributed by atoms with E-state index in [1.807, 2.05) is 12.3 Å².